The molecule has 0 nitrogen and oxygen atoms in total. The van der Waals surface area contributed by atoms with Gasteiger partial charge in [-0.3, -0.25) is 0 Å². The van der Waals surface area contributed by atoms with Crippen molar-refractivity contribution >= 4 is 0 Å². The molecule has 0 saturated heterocycles. The predicted molar refractivity (Wildman–Crippen MR) is 62.2 cm³/mol. The van der Waals surface area contributed by atoms with Gasteiger partial charge in [0, 0.05) is 0 Å². The van der Waals surface area contributed by atoms with Crippen LogP contribution in [0.5, 0.6) is 0 Å². The third-order valence-corrected chi connectivity index (χ3v) is 4.64. The van der Waals surface area contributed by atoms with Crippen LogP contribution in [0.15, 0.2) is 0 Å². The molecular formula is C14H26. The molecule has 2 rings (SSSR count). The standard InChI is InChI=1S/C14H26/c1-14(2,3)13-10-11-6-4-8-12(13)9-5-7-11/h11-13H,4-10H2,1-3H3. The Kier molecular flexibility index (Phi) is 2.91. The molecule has 0 aliphatic heterocycles. The molecular weight excluding hydrogens is 168 g/mol. The Morgan fingerprint density at radius 2 is 1.43 bits per heavy atom. The van der Waals surface area contributed by atoms with E-state index >= 15 is 0 Å². The second kappa shape index (κ2) is 3.87. The molecule has 0 aromatic rings. The van der Waals surface area contributed by atoms with Crippen molar-refractivity contribution in [1.82, 2.24) is 0 Å². The summed E-state index contributed by atoms with van der Waals surface area (Å²) in [5.74, 6) is 3.15. The minimum atomic E-state index is 0.553. The second-order valence-corrected chi connectivity index (χ2v) is 6.70. The maximum absolute atomic E-state index is 2.46. The Balaban J connectivity index is 2.16. The fourth-order valence-corrected chi connectivity index (χ4v) is 3.88. The number of rotatable bonds is 0. The molecule has 2 aliphatic carbocycles. The van der Waals surface area contributed by atoms with Crippen molar-refractivity contribution in [3.8, 4) is 0 Å². The van der Waals surface area contributed by atoms with Crippen molar-refractivity contribution in [1.29, 1.82) is 0 Å². The summed E-state index contributed by atoms with van der Waals surface area (Å²) in [5.41, 5.74) is 0.553. The lowest BCUT2D eigenvalue weighted by atomic mass is 9.70. The number of hydrogen-bond donors (Lipinski definition) is 0. The first-order chi connectivity index (χ1) is 6.57. The lowest BCUT2D eigenvalue weighted by molar-refractivity contribution is 0.140. The summed E-state index contributed by atoms with van der Waals surface area (Å²) in [6, 6.07) is 0. The zero-order chi connectivity index (χ0) is 10.2. The second-order valence-electron chi connectivity index (χ2n) is 6.70. The average Bonchev–Trinajstić information content (AvgIpc) is 2.31. The first-order valence-corrected chi connectivity index (χ1v) is 6.57. The summed E-state index contributed by atoms with van der Waals surface area (Å²) < 4.78 is 0. The van der Waals surface area contributed by atoms with E-state index in [-0.39, 0.29) is 0 Å². The summed E-state index contributed by atoms with van der Waals surface area (Å²) in [6.07, 6.45) is 10.7. The van der Waals surface area contributed by atoms with Crippen LogP contribution in [0, 0.1) is 23.2 Å². The van der Waals surface area contributed by atoms with E-state index in [1.807, 2.05) is 0 Å². The van der Waals surface area contributed by atoms with Crippen LogP contribution < -0.4 is 0 Å². The SMILES string of the molecule is CC(C)(C)C1CC2CCCC1CCC2. The molecule has 82 valence electrons. The Bertz CT molecular complexity index is 177. The molecule has 0 heteroatoms. The molecule has 0 aromatic heterocycles. The van der Waals surface area contributed by atoms with Crippen molar-refractivity contribution < 1.29 is 0 Å². The van der Waals surface area contributed by atoms with E-state index in [2.05, 4.69) is 20.8 Å². The van der Waals surface area contributed by atoms with Crippen LogP contribution >= 0.6 is 0 Å². The molecule has 2 aliphatic rings. The van der Waals surface area contributed by atoms with Gasteiger partial charge in [-0.25, -0.2) is 0 Å². The van der Waals surface area contributed by atoms with Crippen LogP contribution in [-0.2, 0) is 0 Å². The normalized spacial score (nSPS) is 39.2. The van der Waals surface area contributed by atoms with E-state index in [1.165, 1.54) is 44.9 Å². The van der Waals surface area contributed by atoms with Gasteiger partial charge in [-0.1, -0.05) is 59.3 Å². The van der Waals surface area contributed by atoms with Crippen LogP contribution in [0.1, 0.15) is 65.7 Å². The van der Waals surface area contributed by atoms with Crippen LogP contribution in [0.2, 0.25) is 0 Å². The molecule has 0 spiro atoms. The van der Waals surface area contributed by atoms with Gasteiger partial charge in [-0.05, 0) is 29.6 Å². The zero-order valence-electron chi connectivity index (χ0n) is 10.2. The Morgan fingerprint density at radius 1 is 0.857 bits per heavy atom. The summed E-state index contributed by atoms with van der Waals surface area (Å²) in [4.78, 5) is 0. The van der Waals surface area contributed by atoms with Crippen LogP contribution in [0.25, 0.3) is 0 Å². The van der Waals surface area contributed by atoms with Crippen molar-refractivity contribution in [3.05, 3.63) is 0 Å². The number of hydrogen-bond acceptors (Lipinski definition) is 0. The smallest absolute Gasteiger partial charge is 0.0334 e. The number of fused-ring (bicyclic) bond motifs is 3. The van der Waals surface area contributed by atoms with Gasteiger partial charge in [0.2, 0.25) is 0 Å². The van der Waals surface area contributed by atoms with E-state index in [9.17, 15) is 0 Å². The highest BCUT2D eigenvalue weighted by Gasteiger charge is 2.37. The fraction of sp³-hybridized carbons (Fsp3) is 1.00. The fourth-order valence-electron chi connectivity index (χ4n) is 3.88. The molecule has 14 heavy (non-hydrogen) atoms. The van der Waals surface area contributed by atoms with Gasteiger partial charge >= 0.3 is 0 Å². The molecule has 1 unspecified atom stereocenters. The summed E-state index contributed by atoms with van der Waals surface area (Å²) in [7, 11) is 0. The quantitative estimate of drug-likeness (QED) is 0.527. The van der Waals surface area contributed by atoms with Gasteiger partial charge < -0.3 is 0 Å². The Morgan fingerprint density at radius 3 is 1.93 bits per heavy atom. The molecule has 0 radical (unpaired) electrons. The van der Waals surface area contributed by atoms with E-state index in [0.29, 0.717) is 5.41 Å². The average molecular weight is 194 g/mol. The van der Waals surface area contributed by atoms with Gasteiger partial charge in [0.25, 0.3) is 0 Å². The summed E-state index contributed by atoms with van der Waals surface area (Å²) in [6.45, 7) is 7.37. The molecule has 2 saturated carbocycles. The van der Waals surface area contributed by atoms with Crippen LogP contribution in [0.4, 0.5) is 0 Å². The monoisotopic (exact) mass is 194 g/mol. The largest absolute Gasteiger partial charge is 0.0599 e. The van der Waals surface area contributed by atoms with Gasteiger partial charge in [0.15, 0.2) is 0 Å². The minimum absolute atomic E-state index is 0.553. The molecule has 2 fully saturated rings. The van der Waals surface area contributed by atoms with E-state index in [4.69, 9.17) is 0 Å². The Labute approximate surface area is 89.5 Å². The van der Waals surface area contributed by atoms with Gasteiger partial charge in [-0.15, -0.1) is 0 Å². The van der Waals surface area contributed by atoms with Crippen LogP contribution in [0.3, 0.4) is 0 Å². The van der Waals surface area contributed by atoms with E-state index in [0.717, 1.165) is 17.8 Å². The first kappa shape index (κ1) is 10.5. The van der Waals surface area contributed by atoms with Crippen molar-refractivity contribution in [3.63, 3.8) is 0 Å². The maximum atomic E-state index is 2.46. The molecule has 0 N–H and O–H groups in total. The summed E-state index contributed by atoms with van der Waals surface area (Å²) >= 11 is 0. The predicted octanol–water partition coefficient (Wildman–Crippen LogP) is 4.64. The van der Waals surface area contributed by atoms with Crippen molar-refractivity contribution in [2.24, 2.45) is 23.2 Å². The minimum Gasteiger partial charge on any atom is -0.0599 e. The third-order valence-electron chi connectivity index (χ3n) is 4.64. The van der Waals surface area contributed by atoms with Crippen molar-refractivity contribution in [2.75, 3.05) is 0 Å². The maximum Gasteiger partial charge on any atom is -0.0334 e. The van der Waals surface area contributed by atoms with Gasteiger partial charge in [0.1, 0.15) is 0 Å². The molecule has 0 amide bonds. The lowest BCUT2D eigenvalue weighted by Gasteiger charge is -2.36. The van der Waals surface area contributed by atoms with Crippen LogP contribution in [-0.4, -0.2) is 0 Å². The third kappa shape index (κ3) is 2.15. The van der Waals surface area contributed by atoms with Crippen molar-refractivity contribution in [2.45, 2.75) is 65.7 Å². The Hall–Kier alpha value is 0. The summed E-state index contributed by atoms with van der Waals surface area (Å²) in [5, 5.41) is 0. The lowest BCUT2D eigenvalue weighted by Crippen LogP contribution is -2.27. The topological polar surface area (TPSA) is 0 Å². The zero-order valence-corrected chi connectivity index (χ0v) is 10.2. The molecule has 2 bridgehead atoms. The van der Waals surface area contributed by atoms with E-state index < -0.39 is 0 Å². The highest BCUT2D eigenvalue weighted by atomic mass is 14.4. The highest BCUT2D eigenvalue weighted by molar-refractivity contribution is 4.87. The van der Waals surface area contributed by atoms with E-state index in [1.54, 1.807) is 0 Å². The molecule has 0 heterocycles. The molecule has 0 aromatic carbocycles. The highest BCUT2D eigenvalue weighted by Crippen LogP contribution is 2.47. The van der Waals surface area contributed by atoms with Gasteiger partial charge in [0.05, 0.1) is 0 Å². The first-order valence-electron chi connectivity index (χ1n) is 6.57. The molecule has 1 atom stereocenters. The van der Waals surface area contributed by atoms with Gasteiger partial charge in [-0.2, -0.15) is 0 Å².